The van der Waals surface area contributed by atoms with Crippen molar-refractivity contribution in [3.8, 4) is 5.75 Å². The van der Waals surface area contributed by atoms with Crippen LogP contribution in [0.3, 0.4) is 0 Å². The smallest absolute Gasteiger partial charge is 0.303 e. The predicted molar refractivity (Wildman–Crippen MR) is 368 cm³/mol. The van der Waals surface area contributed by atoms with Gasteiger partial charge in [0.15, 0.2) is 0 Å². The highest BCUT2D eigenvalue weighted by atomic mass is 16.4. The number of carbonyl (C=O) groups excluding carboxylic acids is 14. The summed E-state index contributed by atoms with van der Waals surface area (Å²) in [5, 5.41) is 87.2. The van der Waals surface area contributed by atoms with Crippen LogP contribution in [0.5, 0.6) is 5.75 Å². The topological polar surface area (TPSA) is 609 Å². The van der Waals surface area contributed by atoms with Crippen LogP contribution in [0.4, 0.5) is 0 Å². The molecule has 39 nitrogen and oxygen atoms in total. The minimum Gasteiger partial charge on any atom is -0.508 e. The number of fused-ring (bicyclic) bond motifs is 1. The number of benzene rings is 2. The SMILES string of the molecule is CC(C)C[C@H](NC(=O)[C@H](Cc1c[nH]c2ccccc12)NC(=O)[C@@H]1CCCN1C(=O)CNC(=O)[C@@H]1CCC(=O)N1)C(=O)N[C@@H](CCC(=O)O)C(=O)N[C@@H](CCC(=O)O)C(=O)N[C@@H](CCC(=O)O)C(=O)N[C@@H](CCC(=O)O)C(=O)N[C@@H](CCC(=O)O)C(=O)N[C@@H](C)C(=O)N[C@@H](Cc1ccc(O)cc1)C(=O)NC[C]=O. The summed E-state index contributed by atoms with van der Waals surface area (Å²) in [5.41, 5.74) is 1.60. The fourth-order valence-corrected chi connectivity index (χ4v) is 11.6. The number of aromatic nitrogens is 1. The monoisotopic (exact) mass is 1500 g/mol. The second-order valence-electron chi connectivity index (χ2n) is 25.9. The lowest BCUT2D eigenvalue weighted by Gasteiger charge is -2.29. The zero-order chi connectivity index (χ0) is 79.2. The number of nitrogens with one attached hydrogen (secondary N) is 13. The maximum Gasteiger partial charge on any atom is 0.303 e. The Hall–Kier alpha value is -12.1. The van der Waals surface area contributed by atoms with E-state index in [-0.39, 0.29) is 56.7 Å². The highest BCUT2D eigenvalue weighted by Crippen LogP contribution is 2.23. The molecule has 3 aromatic rings. The van der Waals surface area contributed by atoms with Crippen molar-refractivity contribution in [2.24, 2.45) is 5.92 Å². The summed E-state index contributed by atoms with van der Waals surface area (Å²) in [5.74, 6) is -21.3. The molecular weight excluding hydrogens is 1410 g/mol. The number of nitrogens with zero attached hydrogens (tertiary/aromatic N) is 1. The number of aromatic hydroxyl groups is 1. The zero-order valence-corrected chi connectivity index (χ0v) is 58.7. The molecule has 2 saturated heterocycles. The van der Waals surface area contributed by atoms with Gasteiger partial charge in [-0.1, -0.05) is 44.2 Å². The maximum atomic E-state index is 14.7. The van der Waals surface area contributed by atoms with E-state index in [1.807, 2.05) is 0 Å². The molecule has 581 valence electrons. The largest absolute Gasteiger partial charge is 0.508 e. The first-order valence-electron chi connectivity index (χ1n) is 34.3. The second-order valence-corrected chi connectivity index (χ2v) is 25.9. The van der Waals surface area contributed by atoms with Crippen molar-refractivity contribution >= 4 is 124 Å². The lowest BCUT2D eigenvalue weighted by Crippen LogP contribution is -2.61. The van der Waals surface area contributed by atoms with E-state index in [0.29, 0.717) is 28.5 Å². The van der Waals surface area contributed by atoms with Gasteiger partial charge in [-0.3, -0.25) is 91.1 Å². The summed E-state index contributed by atoms with van der Waals surface area (Å²) in [4.78, 5) is 254. The minimum atomic E-state index is -2.06. The Balaban J connectivity index is 1.36. The summed E-state index contributed by atoms with van der Waals surface area (Å²) in [6.07, 6.45) is -5.07. The molecule has 0 saturated carbocycles. The number of rotatable bonds is 45. The second kappa shape index (κ2) is 42.0. The van der Waals surface area contributed by atoms with Gasteiger partial charge < -0.3 is 104 Å². The maximum absolute atomic E-state index is 14.7. The number of H-pyrrole nitrogens is 1. The molecule has 0 aliphatic carbocycles. The number of aromatic amines is 1. The third-order valence-electron chi connectivity index (χ3n) is 17.2. The van der Waals surface area contributed by atoms with Gasteiger partial charge in [-0.25, -0.2) is 0 Å². The normalized spacial score (nSPS) is 16.3. The van der Waals surface area contributed by atoms with Crippen LogP contribution in [0, 0.1) is 5.92 Å². The number of carboxylic acid groups (broad SMARTS) is 5. The summed E-state index contributed by atoms with van der Waals surface area (Å²) in [6.45, 7) is 3.45. The number of aliphatic carboxylic acids is 5. The van der Waals surface area contributed by atoms with Crippen LogP contribution in [0.2, 0.25) is 0 Å². The number of hydrogen-bond acceptors (Lipinski definition) is 20. The third-order valence-corrected chi connectivity index (χ3v) is 17.2. The third kappa shape index (κ3) is 28.5. The molecule has 3 heterocycles. The van der Waals surface area contributed by atoms with Crippen molar-refractivity contribution in [3.05, 3.63) is 65.9 Å². The predicted octanol–water partition coefficient (Wildman–Crippen LogP) is -3.98. The molecule has 13 amide bonds. The lowest BCUT2D eigenvalue weighted by molar-refractivity contribution is -0.141. The molecule has 1 radical (unpaired) electrons. The molecule has 0 bridgehead atoms. The number of phenolic OH excluding ortho intramolecular Hbond substituents is 1. The lowest BCUT2D eigenvalue weighted by atomic mass is 9.99. The highest BCUT2D eigenvalue weighted by molar-refractivity contribution is 6.01. The summed E-state index contributed by atoms with van der Waals surface area (Å²) < 4.78 is 0. The Morgan fingerprint density at radius 2 is 0.944 bits per heavy atom. The Bertz CT molecular complexity index is 3790. The van der Waals surface area contributed by atoms with Gasteiger partial charge in [0.25, 0.3) is 0 Å². The van der Waals surface area contributed by atoms with Gasteiger partial charge in [-0.15, -0.1) is 0 Å². The summed E-state index contributed by atoms with van der Waals surface area (Å²) in [7, 11) is 0. The average molecular weight is 1500 g/mol. The van der Waals surface area contributed by atoms with Crippen LogP contribution in [-0.4, -0.2) is 240 Å². The zero-order valence-electron chi connectivity index (χ0n) is 58.7. The Morgan fingerprint density at radius 3 is 1.40 bits per heavy atom. The standard InChI is InChI=1S/C68H89N14O25/c1-34(2)29-47(80-67(106)49(31-37-32-70-40-8-5-4-7-39(37)40)81-68(107)50-9-6-27-82(50)52(86)33-71-59(98)41-14-20-51(85)73-41)66(105)78-46(19-25-57(95)96)65(104)77-45(18-24-56(93)94)64(103)76-44(17-23-55(91)92)63(102)75-43(16-22-54(89)90)62(101)74-42(15-21-53(87)88)61(100)72-35(3)58(97)79-48(60(99)69-26-28-83)30-36-10-12-38(84)13-11-36/h4-5,7-8,10-13,32,34-35,41-50,70,84H,6,9,14-27,29-31,33H2,1-3H3,(H,69,99)(H,71,98)(H,72,100)(H,73,85)(H,74,101)(H,75,102)(H,76,103)(H,77,104)(H,78,105)(H,79,97)(H,80,106)(H,81,107)(H,87,88)(H,89,90)(H,91,92)(H,93,94)(H,95,96)/t35-,41-,42-,43-,44-,45-,46-,47-,48-,49-,50-/m0/s1. The molecule has 2 aliphatic heterocycles. The average Bonchev–Trinajstić information content (AvgIpc) is 1.71. The van der Waals surface area contributed by atoms with Crippen molar-refractivity contribution in [1.29, 1.82) is 0 Å². The van der Waals surface area contributed by atoms with E-state index in [2.05, 4.69) is 68.8 Å². The molecule has 5 rings (SSSR count). The van der Waals surface area contributed by atoms with Crippen LogP contribution in [0.1, 0.15) is 128 Å². The highest BCUT2D eigenvalue weighted by Gasteiger charge is 2.40. The molecule has 2 aliphatic rings. The van der Waals surface area contributed by atoms with E-state index < -0.39 is 250 Å². The molecule has 2 aromatic carbocycles. The number of amides is 13. The molecule has 1 aromatic heterocycles. The first-order chi connectivity index (χ1) is 50.6. The number of likely N-dealkylation sites (tertiary alicyclic amines) is 1. The van der Waals surface area contributed by atoms with Gasteiger partial charge in [0.05, 0.1) is 13.1 Å². The van der Waals surface area contributed by atoms with Gasteiger partial charge in [0.1, 0.15) is 72.2 Å². The van der Waals surface area contributed by atoms with Crippen molar-refractivity contribution < 1.29 is 122 Å². The molecule has 19 N–H and O–H groups in total. The molecule has 0 unspecified atom stereocenters. The van der Waals surface area contributed by atoms with E-state index in [0.717, 1.165) is 6.92 Å². The molecular formula is C68H89N14O25. The first-order valence-corrected chi connectivity index (χ1v) is 34.3. The van der Waals surface area contributed by atoms with Gasteiger partial charge in [-0.05, 0) is 100.0 Å². The number of phenols is 1. The van der Waals surface area contributed by atoms with Crippen LogP contribution in [0.15, 0.2) is 54.7 Å². The van der Waals surface area contributed by atoms with E-state index in [9.17, 15) is 122 Å². The molecule has 107 heavy (non-hydrogen) atoms. The van der Waals surface area contributed by atoms with Crippen molar-refractivity contribution in [1.82, 2.24) is 73.7 Å². The van der Waals surface area contributed by atoms with Gasteiger partial charge >= 0.3 is 29.8 Å². The summed E-state index contributed by atoms with van der Waals surface area (Å²) >= 11 is 0. The van der Waals surface area contributed by atoms with Gasteiger partial charge in [0, 0.05) is 75.0 Å². The van der Waals surface area contributed by atoms with Crippen LogP contribution >= 0.6 is 0 Å². The number of para-hydroxylation sites is 1. The van der Waals surface area contributed by atoms with Crippen molar-refractivity contribution in [2.75, 3.05) is 19.6 Å². The van der Waals surface area contributed by atoms with Gasteiger partial charge in [-0.2, -0.15) is 0 Å². The van der Waals surface area contributed by atoms with Crippen molar-refractivity contribution in [2.45, 2.75) is 196 Å². The Labute approximate surface area is 610 Å². The summed E-state index contributed by atoms with van der Waals surface area (Å²) in [6, 6.07) is -5.58. The van der Waals surface area contributed by atoms with Crippen molar-refractivity contribution in [3.63, 3.8) is 0 Å². The minimum absolute atomic E-state index is 0.0988. The van der Waals surface area contributed by atoms with E-state index in [1.54, 1.807) is 44.3 Å². The fraction of sp³-hybridized carbons (Fsp3) is 0.515. The number of hydrogen-bond donors (Lipinski definition) is 19. The number of carboxylic acids is 5. The van der Waals surface area contributed by atoms with Gasteiger partial charge in [0.2, 0.25) is 83.1 Å². The molecule has 0 spiro atoms. The van der Waals surface area contributed by atoms with E-state index >= 15 is 0 Å². The van der Waals surface area contributed by atoms with E-state index in [4.69, 9.17) is 0 Å². The first kappa shape index (κ1) is 85.6. The number of carbonyl (C=O) groups is 18. The van der Waals surface area contributed by atoms with Crippen LogP contribution < -0.4 is 63.8 Å². The molecule has 11 atom stereocenters. The quantitative estimate of drug-likeness (QED) is 0.0257. The van der Waals surface area contributed by atoms with Crippen LogP contribution in [-0.2, 0) is 104 Å². The molecule has 39 heteroatoms. The molecule has 2 fully saturated rings. The Morgan fingerprint density at radius 1 is 0.505 bits per heavy atom. The fourth-order valence-electron chi connectivity index (χ4n) is 11.6. The Kier molecular flexibility index (Phi) is 33.6. The van der Waals surface area contributed by atoms with Crippen LogP contribution in [0.25, 0.3) is 10.9 Å². The van der Waals surface area contributed by atoms with E-state index in [1.165, 1.54) is 35.5 Å².